The topological polar surface area (TPSA) is 25.8 Å². The van der Waals surface area contributed by atoms with Crippen molar-refractivity contribution >= 4 is 22.7 Å². The number of thioether (sulfide) groups is 1. The number of hydrogen-bond donors (Lipinski definition) is 0. The van der Waals surface area contributed by atoms with E-state index in [4.69, 9.17) is 0 Å². The van der Waals surface area contributed by atoms with E-state index in [0.29, 0.717) is 0 Å². The largest absolute Gasteiger partial charge is 0.227 e. The number of aryl methyl sites for hydroxylation is 1. The quantitative estimate of drug-likeness (QED) is 0.555. The summed E-state index contributed by atoms with van der Waals surface area (Å²) < 4.78 is 0. The van der Waals surface area contributed by atoms with Gasteiger partial charge in [-0.2, -0.15) is 0 Å². The van der Waals surface area contributed by atoms with Crippen molar-refractivity contribution in [2.75, 3.05) is 5.75 Å². The van der Waals surface area contributed by atoms with Gasteiger partial charge in [0.25, 0.3) is 0 Å². The number of aromatic nitrogens is 2. The van der Waals surface area contributed by atoms with Crippen LogP contribution < -0.4 is 0 Å². The Hall–Kier alpha value is -1.09. The number of rotatable bonds is 2. The lowest BCUT2D eigenvalue weighted by molar-refractivity contribution is 0.969. The summed E-state index contributed by atoms with van der Waals surface area (Å²) >= 11 is 1.68. The van der Waals surface area contributed by atoms with E-state index in [1.165, 1.54) is 0 Å². The smallest absolute Gasteiger partial charge is 0.188 e. The standard InChI is InChI=1S/C11H12N2S/c1-3-14-11-12-8(2)9-6-4-5-7-10(9)13-11/h4-7H,3H2,1-2H3. The molecule has 1 aromatic heterocycles. The average Bonchev–Trinajstić information content (AvgIpc) is 2.18. The summed E-state index contributed by atoms with van der Waals surface area (Å²) in [4.78, 5) is 8.92. The molecular formula is C11H12N2S. The van der Waals surface area contributed by atoms with Gasteiger partial charge >= 0.3 is 0 Å². The zero-order chi connectivity index (χ0) is 9.97. The molecule has 14 heavy (non-hydrogen) atoms. The minimum Gasteiger partial charge on any atom is -0.227 e. The van der Waals surface area contributed by atoms with E-state index in [2.05, 4.69) is 23.0 Å². The summed E-state index contributed by atoms with van der Waals surface area (Å²) in [7, 11) is 0. The van der Waals surface area contributed by atoms with Crippen molar-refractivity contribution < 1.29 is 0 Å². The zero-order valence-corrected chi connectivity index (χ0v) is 9.14. The molecule has 0 aliphatic carbocycles. The summed E-state index contributed by atoms with van der Waals surface area (Å²) in [6.07, 6.45) is 0. The molecule has 3 heteroatoms. The van der Waals surface area contributed by atoms with Crippen LogP contribution in [-0.2, 0) is 0 Å². The van der Waals surface area contributed by atoms with Crippen LogP contribution in [0, 0.1) is 6.92 Å². The first-order valence-corrected chi connectivity index (χ1v) is 5.66. The predicted octanol–water partition coefficient (Wildman–Crippen LogP) is 3.05. The second-order valence-electron chi connectivity index (χ2n) is 3.04. The Balaban J connectivity index is 2.60. The molecule has 1 heterocycles. The van der Waals surface area contributed by atoms with Gasteiger partial charge in [-0.25, -0.2) is 9.97 Å². The fourth-order valence-electron chi connectivity index (χ4n) is 1.40. The van der Waals surface area contributed by atoms with Crippen LogP contribution in [0.3, 0.4) is 0 Å². The molecule has 0 bridgehead atoms. The van der Waals surface area contributed by atoms with Gasteiger partial charge in [0, 0.05) is 11.1 Å². The molecule has 1 aromatic carbocycles. The molecule has 0 amide bonds. The lowest BCUT2D eigenvalue weighted by Crippen LogP contribution is -1.92. The molecule has 0 aliphatic heterocycles. The summed E-state index contributed by atoms with van der Waals surface area (Å²) in [6.45, 7) is 4.14. The first-order valence-electron chi connectivity index (χ1n) is 4.67. The van der Waals surface area contributed by atoms with Crippen LogP contribution in [0.1, 0.15) is 12.6 Å². The van der Waals surface area contributed by atoms with Crippen LogP contribution in [0.5, 0.6) is 0 Å². The van der Waals surface area contributed by atoms with Crippen LogP contribution in [0.25, 0.3) is 10.9 Å². The van der Waals surface area contributed by atoms with Crippen LogP contribution in [0.2, 0.25) is 0 Å². The Morgan fingerprint density at radius 2 is 2.00 bits per heavy atom. The summed E-state index contributed by atoms with van der Waals surface area (Å²) in [5.41, 5.74) is 2.10. The number of para-hydroxylation sites is 1. The van der Waals surface area contributed by atoms with Gasteiger partial charge in [0.1, 0.15) is 0 Å². The number of fused-ring (bicyclic) bond motifs is 1. The lowest BCUT2D eigenvalue weighted by Gasteiger charge is -2.03. The normalized spacial score (nSPS) is 10.7. The van der Waals surface area contributed by atoms with Gasteiger partial charge in [0.2, 0.25) is 0 Å². The molecule has 0 saturated carbocycles. The Morgan fingerprint density at radius 3 is 2.79 bits per heavy atom. The van der Waals surface area contributed by atoms with Gasteiger partial charge in [-0.05, 0) is 18.7 Å². The van der Waals surface area contributed by atoms with E-state index >= 15 is 0 Å². The van der Waals surface area contributed by atoms with Crippen molar-refractivity contribution in [1.29, 1.82) is 0 Å². The van der Waals surface area contributed by atoms with Gasteiger partial charge in [0.15, 0.2) is 5.16 Å². The minimum absolute atomic E-state index is 0.878. The molecule has 2 aromatic rings. The Bertz CT molecular complexity index is 454. The van der Waals surface area contributed by atoms with E-state index in [-0.39, 0.29) is 0 Å². The second-order valence-corrected chi connectivity index (χ2v) is 4.27. The highest BCUT2D eigenvalue weighted by molar-refractivity contribution is 7.99. The number of hydrogen-bond acceptors (Lipinski definition) is 3. The van der Waals surface area contributed by atoms with Crippen molar-refractivity contribution in [3.8, 4) is 0 Å². The first-order chi connectivity index (χ1) is 6.81. The molecule has 2 rings (SSSR count). The maximum atomic E-state index is 4.48. The fourth-order valence-corrected chi connectivity index (χ4v) is 2.03. The maximum absolute atomic E-state index is 4.48. The summed E-state index contributed by atoms with van der Waals surface area (Å²) in [5, 5.41) is 2.02. The zero-order valence-electron chi connectivity index (χ0n) is 8.32. The molecule has 72 valence electrons. The average molecular weight is 204 g/mol. The number of nitrogens with zero attached hydrogens (tertiary/aromatic N) is 2. The monoisotopic (exact) mass is 204 g/mol. The van der Waals surface area contributed by atoms with E-state index in [1.807, 2.05) is 25.1 Å². The molecule has 0 aliphatic rings. The molecule has 0 fully saturated rings. The minimum atomic E-state index is 0.878. The third-order valence-electron chi connectivity index (χ3n) is 2.05. The van der Waals surface area contributed by atoms with Gasteiger partial charge in [-0.15, -0.1) is 0 Å². The van der Waals surface area contributed by atoms with E-state index in [1.54, 1.807) is 11.8 Å². The molecule has 2 nitrogen and oxygen atoms in total. The van der Waals surface area contributed by atoms with Crippen molar-refractivity contribution in [2.24, 2.45) is 0 Å². The fraction of sp³-hybridized carbons (Fsp3) is 0.273. The Kier molecular flexibility index (Phi) is 2.68. The maximum Gasteiger partial charge on any atom is 0.188 e. The van der Waals surface area contributed by atoms with Gasteiger partial charge in [0.05, 0.1) is 5.52 Å². The van der Waals surface area contributed by atoms with Crippen molar-refractivity contribution in [3.05, 3.63) is 30.0 Å². The van der Waals surface area contributed by atoms with Gasteiger partial charge < -0.3 is 0 Å². The van der Waals surface area contributed by atoms with E-state index in [9.17, 15) is 0 Å². The lowest BCUT2D eigenvalue weighted by atomic mass is 10.2. The first kappa shape index (κ1) is 9.46. The highest BCUT2D eigenvalue weighted by Crippen LogP contribution is 2.19. The Morgan fingerprint density at radius 1 is 1.21 bits per heavy atom. The van der Waals surface area contributed by atoms with Crippen LogP contribution >= 0.6 is 11.8 Å². The van der Waals surface area contributed by atoms with Crippen molar-refractivity contribution in [2.45, 2.75) is 19.0 Å². The summed E-state index contributed by atoms with van der Waals surface area (Å²) in [6, 6.07) is 8.12. The highest BCUT2D eigenvalue weighted by atomic mass is 32.2. The molecule has 0 atom stereocenters. The van der Waals surface area contributed by atoms with Crippen LogP contribution in [0.4, 0.5) is 0 Å². The van der Waals surface area contributed by atoms with Gasteiger partial charge in [-0.1, -0.05) is 36.9 Å². The predicted molar refractivity (Wildman–Crippen MR) is 60.7 cm³/mol. The number of benzene rings is 1. The second kappa shape index (κ2) is 3.96. The van der Waals surface area contributed by atoms with Gasteiger partial charge in [-0.3, -0.25) is 0 Å². The molecule has 0 spiro atoms. The molecule has 0 unspecified atom stereocenters. The third-order valence-corrected chi connectivity index (χ3v) is 2.78. The van der Waals surface area contributed by atoms with E-state index < -0.39 is 0 Å². The molecule has 0 saturated heterocycles. The van der Waals surface area contributed by atoms with Crippen LogP contribution in [0.15, 0.2) is 29.4 Å². The molecular weight excluding hydrogens is 192 g/mol. The third kappa shape index (κ3) is 1.73. The molecule has 0 radical (unpaired) electrons. The summed E-state index contributed by atoms with van der Waals surface area (Å²) in [5.74, 6) is 1.01. The Labute approximate surface area is 87.8 Å². The SMILES string of the molecule is CCSc1nc(C)c2ccccc2n1. The van der Waals surface area contributed by atoms with E-state index in [0.717, 1.165) is 27.5 Å². The van der Waals surface area contributed by atoms with Crippen molar-refractivity contribution in [1.82, 2.24) is 9.97 Å². The highest BCUT2D eigenvalue weighted by Gasteiger charge is 2.02. The molecule has 0 N–H and O–H groups in total. The van der Waals surface area contributed by atoms with Crippen LogP contribution in [-0.4, -0.2) is 15.7 Å². The van der Waals surface area contributed by atoms with Crippen molar-refractivity contribution in [3.63, 3.8) is 0 Å².